The lowest BCUT2D eigenvalue weighted by Gasteiger charge is -2.34. The van der Waals surface area contributed by atoms with E-state index in [2.05, 4.69) is 43.0 Å². The van der Waals surface area contributed by atoms with Gasteiger partial charge < -0.3 is 14.4 Å². The summed E-state index contributed by atoms with van der Waals surface area (Å²) in [5, 5.41) is 3.84. The Labute approximate surface area is 215 Å². The van der Waals surface area contributed by atoms with Gasteiger partial charge in [0.05, 0.1) is 19.9 Å². The number of hydrogen-bond donors (Lipinski definition) is 0. The average Bonchev–Trinajstić information content (AvgIpc) is 3.17. The molecule has 3 aromatic carbocycles. The summed E-state index contributed by atoms with van der Waals surface area (Å²) in [4.78, 5) is 17.0. The van der Waals surface area contributed by atoms with Gasteiger partial charge in [-0.05, 0) is 49.3 Å². The Hall–Kier alpha value is -3.35. The third kappa shape index (κ3) is 4.47. The standard InChI is InChI=1S/C30H37N3O3/c1-6-32(7-2)21-20-30(24-15-9-8-10-16-24)25-17-11-12-18-26(25)33(29(30)34)31(3)22-23-14-13-19-27(35-4)28(23)36-5/h8-19H,6-7,20-22H2,1-5H3/t30-/m0/s1. The number of carbonyl (C=O) groups is 1. The van der Waals surface area contributed by atoms with Crippen LogP contribution in [0.1, 0.15) is 37.0 Å². The van der Waals surface area contributed by atoms with Gasteiger partial charge in [-0.25, -0.2) is 10.0 Å². The molecule has 36 heavy (non-hydrogen) atoms. The molecule has 1 atom stereocenters. The first kappa shape index (κ1) is 25.7. The zero-order chi connectivity index (χ0) is 25.7. The zero-order valence-corrected chi connectivity index (χ0v) is 22.0. The minimum absolute atomic E-state index is 0.0754. The van der Waals surface area contributed by atoms with Crippen molar-refractivity contribution < 1.29 is 14.3 Å². The molecule has 0 aromatic heterocycles. The van der Waals surface area contributed by atoms with E-state index in [0.29, 0.717) is 24.5 Å². The Bertz CT molecular complexity index is 1180. The second-order valence-corrected chi connectivity index (χ2v) is 9.15. The quantitative estimate of drug-likeness (QED) is 0.376. The molecule has 0 fully saturated rings. The van der Waals surface area contributed by atoms with Crippen molar-refractivity contribution in [1.82, 2.24) is 9.91 Å². The van der Waals surface area contributed by atoms with Crippen LogP contribution in [0.4, 0.5) is 5.69 Å². The van der Waals surface area contributed by atoms with Crippen molar-refractivity contribution in [2.24, 2.45) is 0 Å². The van der Waals surface area contributed by atoms with Gasteiger partial charge in [-0.2, -0.15) is 0 Å². The molecule has 6 heteroatoms. The summed E-state index contributed by atoms with van der Waals surface area (Å²) < 4.78 is 11.2. The second-order valence-electron chi connectivity index (χ2n) is 9.15. The van der Waals surface area contributed by atoms with Crippen LogP contribution in [0.2, 0.25) is 0 Å². The maximum atomic E-state index is 14.6. The Morgan fingerprint density at radius 2 is 1.56 bits per heavy atom. The molecule has 1 amide bonds. The molecule has 6 nitrogen and oxygen atoms in total. The monoisotopic (exact) mass is 487 g/mol. The fourth-order valence-electron chi connectivity index (χ4n) is 5.41. The molecule has 4 rings (SSSR count). The molecular weight excluding hydrogens is 450 g/mol. The van der Waals surface area contributed by atoms with E-state index < -0.39 is 5.41 Å². The third-order valence-corrected chi connectivity index (χ3v) is 7.34. The van der Waals surface area contributed by atoms with Crippen LogP contribution >= 0.6 is 0 Å². The van der Waals surface area contributed by atoms with Crippen LogP contribution in [0.3, 0.4) is 0 Å². The number of carbonyl (C=O) groups excluding carboxylic acids is 1. The molecule has 0 aliphatic carbocycles. The lowest BCUT2D eigenvalue weighted by molar-refractivity contribution is -0.125. The highest BCUT2D eigenvalue weighted by Crippen LogP contribution is 2.49. The van der Waals surface area contributed by atoms with Gasteiger partial charge in [0.25, 0.3) is 5.91 Å². The zero-order valence-electron chi connectivity index (χ0n) is 22.0. The van der Waals surface area contributed by atoms with Crippen LogP contribution in [0, 0.1) is 0 Å². The largest absolute Gasteiger partial charge is 0.493 e. The number of methoxy groups -OCH3 is 2. The predicted molar refractivity (Wildman–Crippen MR) is 145 cm³/mol. The van der Waals surface area contributed by atoms with E-state index in [0.717, 1.165) is 42.0 Å². The van der Waals surface area contributed by atoms with E-state index in [9.17, 15) is 4.79 Å². The summed E-state index contributed by atoms with van der Waals surface area (Å²) in [6.07, 6.45) is 0.710. The molecular formula is C30H37N3O3. The molecule has 0 radical (unpaired) electrons. The van der Waals surface area contributed by atoms with Gasteiger partial charge in [-0.1, -0.05) is 74.5 Å². The van der Waals surface area contributed by atoms with Crippen LogP contribution in [0.15, 0.2) is 72.8 Å². The Kier molecular flexibility index (Phi) is 7.97. The highest BCUT2D eigenvalue weighted by molar-refractivity contribution is 6.09. The Morgan fingerprint density at radius 3 is 2.22 bits per heavy atom. The fraction of sp³-hybridized carbons (Fsp3) is 0.367. The summed E-state index contributed by atoms with van der Waals surface area (Å²) in [6, 6.07) is 24.3. The number of hydrazine groups is 1. The van der Waals surface area contributed by atoms with E-state index >= 15 is 0 Å². The first-order chi connectivity index (χ1) is 17.5. The summed E-state index contributed by atoms with van der Waals surface area (Å²) >= 11 is 0. The number of para-hydroxylation sites is 2. The van der Waals surface area contributed by atoms with Gasteiger partial charge in [0.1, 0.15) is 5.41 Å². The van der Waals surface area contributed by atoms with Crippen LogP contribution in [-0.2, 0) is 16.8 Å². The molecule has 190 valence electrons. The van der Waals surface area contributed by atoms with Crippen molar-refractivity contribution in [2.75, 3.05) is 45.9 Å². The summed E-state index contributed by atoms with van der Waals surface area (Å²) in [5.74, 6) is 1.43. The number of ether oxygens (including phenoxy) is 2. The Balaban J connectivity index is 1.78. The molecule has 0 N–H and O–H groups in total. The summed E-state index contributed by atoms with van der Waals surface area (Å²) in [5.41, 5.74) is 3.20. The van der Waals surface area contributed by atoms with Crippen molar-refractivity contribution in [3.05, 3.63) is 89.5 Å². The summed E-state index contributed by atoms with van der Waals surface area (Å²) in [6.45, 7) is 7.58. The maximum absolute atomic E-state index is 14.6. The van der Waals surface area contributed by atoms with Gasteiger partial charge >= 0.3 is 0 Å². The lowest BCUT2D eigenvalue weighted by atomic mass is 9.72. The van der Waals surface area contributed by atoms with E-state index in [-0.39, 0.29) is 5.91 Å². The lowest BCUT2D eigenvalue weighted by Crippen LogP contribution is -2.49. The number of fused-ring (bicyclic) bond motifs is 1. The molecule has 0 saturated carbocycles. The van der Waals surface area contributed by atoms with Gasteiger partial charge in [0.15, 0.2) is 11.5 Å². The predicted octanol–water partition coefficient (Wildman–Crippen LogP) is 5.12. The van der Waals surface area contributed by atoms with E-state index in [4.69, 9.17) is 9.47 Å². The highest BCUT2D eigenvalue weighted by Gasteiger charge is 2.53. The summed E-state index contributed by atoms with van der Waals surface area (Å²) in [7, 11) is 5.24. The van der Waals surface area contributed by atoms with Crippen LogP contribution in [0.5, 0.6) is 11.5 Å². The topological polar surface area (TPSA) is 45.3 Å². The number of benzene rings is 3. The van der Waals surface area contributed by atoms with Crippen LogP contribution in [-0.4, -0.2) is 56.7 Å². The highest BCUT2D eigenvalue weighted by atomic mass is 16.5. The van der Waals surface area contributed by atoms with Crippen LogP contribution < -0.4 is 14.5 Å². The molecule has 1 aliphatic rings. The molecule has 0 bridgehead atoms. The minimum Gasteiger partial charge on any atom is -0.493 e. The molecule has 3 aromatic rings. The van der Waals surface area contributed by atoms with Crippen molar-refractivity contribution in [1.29, 1.82) is 0 Å². The van der Waals surface area contributed by atoms with Gasteiger partial charge in [0, 0.05) is 19.2 Å². The van der Waals surface area contributed by atoms with Crippen molar-refractivity contribution in [3.8, 4) is 11.5 Å². The van der Waals surface area contributed by atoms with E-state index in [1.165, 1.54) is 0 Å². The van der Waals surface area contributed by atoms with Gasteiger partial charge in [0.2, 0.25) is 0 Å². The molecule has 0 unspecified atom stereocenters. The van der Waals surface area contributed by atoms with E-state index in [1.54, 1.807) is 14.2 Å². The van der Waals surface area contributed by atoms with Crippen molar-refractivity contribution in [2.45, 2.75) is 32.2 Å². The number of amides is 1. The number of hydrogen-bond acceptors (Lipinski definition) is 5. The SMILES string of the molecule is CCN(CC)CC[C@@]1(c2ccccc2)C(=O)N(N(C)Cc2cccc(OC)c2OC)c2ccccc21. The molecule has 1 heterocycles. The smallest absolute Gasteiger partial charge is 0.256 e. The van der Waals surface area contributed by atoms with E-state index in [1.807, 2.05) is 65.6 Å². The van der Waals surface area contributed by atoms with Gasteiger partial charge in [-0.15, -0.1) is 0 Å². The average molecular weight is 488 g/mol. The fourth-order valence-corrected chi connectivity index (χ4v) is 5.41. The number of anilines is 1. The second kappa shape index (κ2) is 11.1. The van der Waals surface area contributed by atoms with Crippen molar-refractivity contribution in [3.63, 3.8) is 0 Å². The maximum Gasteiger partial charge on any atom is 0.256 e. The first-order valence-corrected chi connectivity index (χ1v) is 12.6. The normalized spacial score (nSPS) is 17.1. The molecule has 1 aliphatic heterocycles. The molecule has 0 saturated heterocycles. The molecule has 0 spiro atoms. The van der Waals surface area contributed by atoms with Crippen molar-refractivity contribution >= 4 is 11.6 Å². The third-order valence-electron chi connectivity index (χ3n) is 7.34. The first-order valence-electron chi connectivity index (χ1n) is 12.6. The Morgan fingerprint density at radius 1 is 0.861 bits per heavy atom. The van der Waals surface area contributed by atoms with Crippen LogP contribution in [0.25, 0.3) is 0 Å². The number of rotatable bonds is 11. The minimum atomic E-state index is -0.757. The number of nitrogens with zero attached hydrogens (tertiary/aromatic N) is 3. The van der Waals surface area contributed by atoms with Gasteiger partial charge in [-0.3, -0.25) is 4.79 Å².